The second-order valence-corrected chi connectivity index (χ2v) is 8.02. The summed E-state index contributed by atoms with van der Waals surface area (Å²) < 4.78 is 4.60. The number of hydrogen-bond donors (Lipinski definition) is 1. The largest absolute Gasteiger partial charge is 0.469 e. The molecular formula is C20H35NO4. The van der Waals surface area contributed by atoms with Gasteiger partial charge in [0.05, 0.1) is 13.7 Å². The molecule has 25 heavy (non-hydrogen) atoms. The van der Waals surface area contributed by atoms with E-state index in [0.717, 1.165) is 37.5 Å². The number of fused-ring (bicyclic) bond motifs is 4. The van der Waals surface area contributed by atoms with Crippen LogP contribution in [0.1, 0.15) is 84.0 Å². The first-order valence-corrected chi connectivity index (χ1v) is 10.0. The topological polar surface area (TPSA) is 64.6 Å². The number of hydroxylamine groups is 1. The lowest BCUT2D eigenvalue weighted by Crippen LogP contribution is -2.51. The molecule has 3 saturated carbocycles. The number of amides is 1. The van der Waals surface area contributed by atoms with Gasteiger partial charge in [0.15, 0.2) is 0 Å². The van der Waals surface area contributed by atoms with E-state index in [2.05, 4.69) is 17.1 Å². The quantitative estimate of drug-likeness (QED) is 0.364. The van der Waals surface area contributed by atoms with Gasteiger partial charge in [-0.1, -0.05) is 45.4 Å². The Morgan fingerprint density at radius 3 is 2.56 bits per heavy atom. The van der Waals surface area contributed by atoms with E-state index < -0.39 is 0 Å². The van der Waals surface area contributed by atoms with Crippen molar-refractivity contribution in [1.29, 1.82) is 0 Å². The van der Waals surface area contributed by atoms with E-state index in [1.54, 1.807) is 0 Å². The monoisotopic (exact) mass is 353 g/mol. The summed E-state index contributed by atoms with van der Waals surface area (Å²) in [4.78, 5) is 28.5. The van der Waals surface area contributed by atoms with Crippen LogP contribution in [0.5, 0.6) is 0 Å². The van der Waals surface area contributed by atoms with Crippen molar-refractivity contribution in [1.82, 2.24) is 5.48 Å². The summed E-state index contributed by atoms with van der Waals surface area (Å²) in [6.45, 7) is 3.02. The summed E-state index contributed by atoms with van der Waals surface area (Å²) in [7, 11) is 1.41. The molecule has 0 radical (unpaired) electrons. The molecule has 144 valence electrons. The van der Waals surface area contributed by atoms with Gasteiger partial charge in [0.25, 0.3) is 0 Å². The number of rotatable bonds is 10. The number of ether oxygens (including phenoxy) is 1. The number of hydrogen-bond acceptors (Lipinski definition) is 4. The Kier molecular flexibility index (Phi) is 8.20. The van der Waals surface area contributed by atoms with E-state index in [0.29, 0.717) is 24.9 Å². The number of carbonyl (C=O) groups excluding carboxylic acids is 2. The Morgan fingerprint density at radius 1 is 1.08 bits per heavy atom. The van der Waals surface area contributed by atoms with Crippen LogP contribution in [-0.2, 0) is 19.2 Å². The van der Waals surface area contributed by atoms with Crippen molar-refractivity contribution in [2.24, 2.45) is 17.3 Å². The second kappa shape index (κ2) is 10.1. The molecule has 0 aromatic heterocycles. The number of nitrogens with one attached hydrogen (secondary N) is 1. The zero-order valence-corrected chi connectivity index (χ0v) is 16.0. The SMILES string of the molecule is COC(=O)CCCCCCC(=O)NOC[C@@]12CCCCC[C@@H](C1)[C@H]2C. The van der Waals surface area contributed by atoms with Gasteiger partial charge in [0.1, 0.15) is 0 Å². The molecule has 0 unspecified atom stereocenters. The number of esters is 1. The fraction of sp³-hybridized carbons (Fsp3) is 0.900. The van der Waals surface area contributed by atoms with Crippen LogP contribution >= 0.6 is 0 Å². The third-order valence-corrected chi connectivity index (χ3v) is 6.40. The van der Waals surface area contributed by atoms with Gasteiger partial charge in [-0.15, -0.1) is 0 Å². The normalized spacial score (nSPS) is 28.4. The molecule has 3 aliphatic carbocycles. The molecule has 0 aliphatic heterocycles. The lowest BCUT2D eigenvalue weighted by Gasteiger charge is -2.55. The van der Waals surface area contributed by atoms with Crippen molar-refractivity contribution in [3.63, 3.8) is 0 Å². The summed E-state index contributed by atoms with van der Waals surface area (Å²) in [5.74, 6) is 1.40. The molecule has 5 nitrogen and oxygen atoms in total. The lowest BCUT2D eigenvalue weighted by atomic mass is 9.51. The highest BCUT2D eigenvalue weighted by molar-refractivity contribution is 5.74. The Morgan fingerprint density at radius 2 is 1.84 bits per heavy atom. The van der Waals surface area contributed by atoms with E-state index in [-0.39, 0.29) is 11.9 Å². The highest BCUT2D eigenvalue weighted by Gasteiger charge is 2.51. The fourth-order valence-corrected chi connectivity index (χ4v) is 4.55. The standard InChI is InChI=1S/C20H35NO4/c1-16-17-10-6-5-9-13-20(16,14-17)15-25-21-18(22)11-7-3-4-8-12-19(23)24-2/h16-17H,3-15H2,1-2H3,(H,21,22)/t16-,17+,20-/m1/s1. The van der Waals surface area contributed by atoms with Crippen LogP contribution in [0.25, 0.3) is 0 Å². The molecule has 0 saturated heterocycles. The lowest BCUT2D eigenvalue weighted by molar-refractivity contribution is -0.153. The summed E-state index contributed by atoms with van der Waals surface area (Å²) in [5, 5.41) is 0. The molecule has 3 atom stereocenters. The molecule has 3 aliphatic rings. The highest BCUT2D eigenvalue weighted by atomic mass is 16.7. The Balaban J connectivity index is 1.53. The predicted octanol–water partition coefficient (Wildman–Crippen LogP) is 4.15. The van der Waals surface area contributed by atoms with Crippen molar-refractivity contribution in [2.45, 2.75) is 84.0 Å². The van der Waals surface area contributed by atoms with Crippen LogP contribution < -0.4 is 5.48 Å². The van der Waals surface area contributed by atoms with Gasteiger partial charge in [-0.25, -0.2) is 5.48 Å². The zero-order valence-electron chi connectivity index (χ0n) is 16.0. The van der Waals surface area contributed by atoms with Crippen LogP contribution in [0.15, 0.2) is 0 Å². The van der Waals surface area contributed by atoms with E-state index >= 15 is 0 Å². The number of methoxy groups -OCH3 is 1. The molecule has 3 rings (SSSR count). The van der Waals surface area contributed by atoms with Crippen LogP contribution in [0.2, 0.25) is 0 Å². The van der Waals surface area contributed by atoms with E-state index in [1.165, 1.54) is 45.6 Å². The van der Waals surface area contributed by atoms with Gasteiger partial charge in [0, 0.05) is 12.8 Å². The van der Waals surface area contributed by atoms with Gasteiger partial charge in [0.2, 0.25) is 5.91 Å². The first kappa shape index (κ1) is 20.2. The third kappa shape index (κ3) is 5.98. The molecule has 0 aromatic carbocycles. The average Bonchev–Trinajstić information content (AvgIpc) is 2.58. The number of unbranched alkanes of at least 4 members (excludes halogenated alkanes) is 3. The maximum Gasteiger partial charge on any atom is 0.305 e. The molecule has 5 heteroatoms. The molecule has 0 heterocycles. The molecular weight excluding hydrogens is 318 g/mol. The van der Waals surface area contributed by atoms with Crippen molar-refractivity contribution >= 4 is 11.9 Å². The van der Waals surface area contributed by atoms with Gasteiger partial charge < -0.3 is 4.74 Å². The average molecular weight is 354 g/mol. The molecule has 3 fully saturated rings. The maximum atomic E-state index is 11.9. The maximum absolute atomic E-state index is 11.9. The highest BCUT2D eigenvalue weighted by Crippen LogP contribution is 2.57. The Labute approximate surface area is 152 Å². The molecule has 1 N–H and O–H groups in total. The first-order chi connectivity index (χ1) is 12.1. The minimum Gasteiger partial charge on any atom is -0.469 e. The van der Waals surface area contributed by atoms with Crippen molar-refractivity contribution in [3.05, 3.63) is 0 Å². The Hall–Kier alpha value is -1.10. The van der Waals surface area contributed by atoms with Gasteiger partial charge in [-0.3, -0.25) is 14.4 Å². The van der Waals surface area contributed by atoms with Crippen LogP contribution in [0.4, 0.5) is 0 Å². The Bertz CT molecular complexity index is 435. The third-order valence-electron chi connectivity index (χ3n) is 6.40. The van der Waals surface area contributed by atoms with Crippen LogP contribution in [-0.4, -0.2) is 25.6 Å². The predicted molar refractivity (Wildman–Crippen MR) is 96.6 cm³/mol. The minimum atomic E-state index is -0.160. The minimum absolute atomic E-state index is 0.0289. The van der Waals surface area contributed by atoms with Crippen molar-refractivity contribution in [2.75, 3.05) is 13.7 Å². The van der Waals surface area contributed by atoms with E-state index in [1.807, 2.05) is 0 Å². The summed E-state index contributed by atoms with van der Waals surface area (Å²) >= 11 is 0. The molecule has 1 amide bonds. The van der Waals surface area contributed by atoms with Gasteiger partial charge in [-0.2, -0.15) is 0 Å². The molecule has 0 aromatic rings. The van der Waals surface area contributed by atoms with Crippen LogP contribution in [0.3, 0.4) is 0 Å². The molecule has 2 bridgehead atoms. The smallest absolute Gasteiger partial charge is 0.305 e. The van der Waals surface area contributed by atoms with Crippen molar-refractivity contribution < 1.29 is 19.2 Å². The van der Waals surface area contributed by atoms with E-state index in [9.17, 15) is 9.59 Å². The van der Waals surface area contributed by atoms with E-state index in [4.69, 9.17) is 4.84 Å². The first-order valence-electron chi connectivity index (χ1n) is 10.0. The number of carbonyl (C=O) groups is 2. The van der Waals surface area contributed by atoms with Crippen LogP contribution in [0, 0.1) is 17.3 Å². The summed E-state index contributed by atoms with van der Waals surface area (Å²) in [5.41, 5.74) is 2.94. The van der Waals surface area contributed by atoms with Gasteiger partial charge in [-0.05, 0) is 42.9 Å². The summed E-state index contributed by atoms with van der Waals surface area (Å²) in [6, 6.07) is 0. The second-order valence-electron chi connectivity index (χ2n) is 8.02. The zero-order chi connectivity index (χ0) is 18.1. The fourth-order valence-electron chi connectivity index (χ4n) is 4.55. The molecule has 0 spiro atoms. The van der Waals surface area contributed by atoms with Crippen molar-refractivity contribution in [3.8, 4) is 0 Å². The summed E-state index contributed by atoms with van der Waals surface area (Å²) in [6.07, 6.45) is 12.4. The van der Waals surface area contributed by atoms with Gasteiger partial charge >= 0.3 is 5.97 Å².